The van der Waals surface area contributed by atoms with E-state index in [4.69, 9.17) is 0 Å². The monoisotopic (exact) mass is 417 g/mol. The summed E-state index contributed by atoms with van der Waals surface area (Å²) in [7, 11) is 3.87. The lowest BCUT2D eigenvalue weighted by atomic mass is 9.95. The number of carbonyl (C=O) groups excluding carboxylic acids is 2. The van der Waals surface area contributed by atoms with E-state index in [0.717, 1.165) is 11.6 Å². The van der Waals surface area contributed by atoms with E-state index in [0.29, 0.717) is 29.1 Å². The zero-order chi connectivity index (χ0) is 21.3. The number of aromatic nitrogens is 1. The summed E-state index contributed by atoms with van der Waals surface area (Å²) in [5.74, 6) is -1.95. The van der Waals surface area contributed by atoms with Gasteiger partial charge in [-0.2, -0.15) is 0 Å². The molecule has 1 aliphatic heterocycles. The molecule has 0 aliphatic carbocycles. The molecule has 2 heterocycles. The molecule has 1 aliphatic rings. The van der Waals surface area contributed by atoms with Crippen molar-refractivity contribution in [1.29, 1.82) is 0 Å². The summed E-state index contributed by atoms with van der Waals surface area (Å²) in [5, 5.41) is 11.4. The number of halogens is 1. The minimum Gasteiger partial charge on any atom is -0.503 e. The maximum Gasteiger partial charge on any atom is 0.290 e. The topological polar surface area (TPSA) is 73.7 Å². The molecule has 154 valence electrons. The molecule has 1 amide bonds. The van der Waals surface area contributed by atoms with E-state index >= 15 is 0 Å². The van der Waals surface area contributed by atoms with Crippen LogP contribution >= 0.6 is 11.3 Å². The van der Waals surface area contributed by atoms with E-state index in [1.54, 1.807) is 26.0 Å². The molecule has 0 saturated heterocycles. The number of aliphatic hydroxyl groups excluding tert-OH is 1. The number of amides is 1. The molecule has 8 heteroatoms. The van der Waals surface area contributed by atoms with Crippen molar-refractivity contribution in [2.45, 2.75) is 26.3 Å². The van der Waals surface area contributed by atoms with Crippen molar-refractivity contribution in [1.82, 2.24) is 14.8 Å². The normalized spacial score (nSPS) is 17.0. The zero-order valence-electron chi connectivity index (χ0n) is 16.9. The molecule has 0 fully saturated rings. The quantitative estimate of drug-likeness (QED) is 0.699. The van der Waals surface area contributed by atoms with Crippen molar-refractivity contribution >= 4 is 23.0 Å². The smallest absolute Gasteiger partial charge is 0.290 e. The number of ketones is 1. The number of thiazole rings is 1. The SMILES string of the molecule is Cc1nc(C)c(C(=O)C2=C(O)C(=O)N(CCCN(C)C)[C@@H]2c2ccc(F)cc2)s1. The first-order valence-corrected chi connectivity index (χ1v) is 10.2. The highest BCUT2D eigenvalue weighted by Gasteiger charge is 2.44. The van der Waals surface area contributed by atoms with Gasteiger partial charge in [0.15, 0.2) is 5.76 Å². The Bertz CT molecular complexity index is 966. The maximum atomic E-state index is 13.5. The molecule has 0 spiro atoms. The van der Waals surface area contributed by atoms with Crippen LogP contribution in [0.1, 0.15) is 38.4 Å². The van der Waals surface area contributed by atoms with Gasteiger partial charge in [-0.3, -0.25) is 9.59 Å². The van der Waals surface area contributed by atoms with Gasteiger partial charge in [0.1, 0.15) is 5.82 Å². The molecule has 1 aromatic carbocycles. The van der Waals surface area contributed by atoms with E-state index in [9.17, 15) is 19.1 Å². The Kier molecular flexibility index (Phi) is 6.14. The first-order valence-electron chi connectivity index (χ1n) is 9.33. The van der Waals surface area contributed by atoms with Crippen LogP contribution in [0.2, 0.25) is 0 Å². The molecule has 1 N–H and O–H groups in total. The number of aliphatic hydroxyl groups is 1. The lowest BCUT2D eigenvalue weighted by molar-refractivity contribution is -0.129. The number of Topliss-reactive ketones (excluding diaryl/α,β-unsaturated/α-hetero) is 1. The van der Waals surface area contributed by atoms with Gasteiger partial charge in [0.25, 0.3) is 5.91 Å². The van der Waals surface area contributed by atoms with Gasteiger partial charge in [-0.05, 0) is 58.6 Å². The molecule has 0 radical (unpaired) electrons. The molecule has 6 nitrogen and oxygen atoms in total. The summed E-state index contributed by atoms with van der Waals surface area (Å²) >= 11 is 1.23. The zero-order valence-corrected chi connectivity index (χ0v) is 17.7. The molecule has 0 unspecified atom stereocenters. The predicted molar refractivity (Wildman–Crippen MR) is 110 cm³/mol. The summed E-state index contributed by atoms with van der Waals surface area (Å²) in [6.07, 6.45) is 0.671. The average molecular weight is 418 g/mol. The van der Waals surface area contributed by atoms with E-state index in [2.05, 4.69) is 4.98 Å². The largest absolute Gasteiger partial charge is 0.503 e. The molecule has 1 atom stereocenters. The van der Waals surface area contributed by atoms with Gasteiger partial charge in [0, 0.05) is 6.54 Å². The van der Waals surface area contributed by atoms with E-state index in [-0.39, 0.29) is 5.57 Å². The van der Waals surface area contributed by atoms with Crippen molar-refractivity contribution in [3.05, 3.63) is 62.6 Å². The summed E-state index contributed by atoms with van der Waals surface area (Å²) in [6, 6.07) is 4.90. The van der Waals surface area contributed by atoms with Crippen LogP contribution in [-0.2, 0) is 4.79 Å². The Morgan fingerprint density at radius 3 is 2.48 bits per heavy atom. The van der Waals surface area contributed by atoms with Gasteiger partial charge in [-0.1, -0.05) is 12.1 Å². The second-order valence-electron chi connectivity index (χ2n) is 7.35. The molecular weight excluding hydrogens is 393 g/mol. The van der Waals surface area contributed by atoms with Crippen molar-refractivity contribution in [2.24, 2.45) is 0 Å². The van der Waals surface area contributed by atoms with Gasteiger partial charge in [0.05, 0.1) is 27.2 Å². The Morgan fingerprint density at radius 2 is 1.93 bits per heavy atom. The third-order valence-corrected chi connectivity index (χ3v) is 5.92. The number of rotatable bonds is 7. The minimum atomic E-state index is -0.764. The third kappa shape index (κ3) is 4.23. The van der Waals surface area contributed by atoms with Crippen LogP contribution in [-0.4, -0.2) is 58.8 Å². The molecule has 29 heavy (non-hydrogen) atoms. The van der Waals surface area contributed by atoms with Gasteiger partial charge < -0.3 is 14.9 Å². The fourth-order valence-corrected chi connectivity index (χ4v) is 4.40. The lowest BCUT2D eigenvalue weighted by Crippen LogP contribution is -2.33. The second kappa shape index (κ2) is 8.42. The van der Waals surface area contributed by atoms with Crippen molar-refractivity contribution in [3.63, 3.8) is 0 Å². The van der Waals surface area contributed by atoms with Crippen molar-refractivity contribution in [3.8, 4) is 0 Å². The van der Waals surface area contributed by atoms with Crippen LogP contribution in [0.5, 0.6) is 0 Å². The Morgan fingerprint density at radius 1 is 1.28 bits per heavy atom. The Hall–Kier alpha value is -2.58. The van der Waals surface area contributed by atoms with Crippen molar-refractivity contribution < 1.29 is 19.1 Å². The Labute approximate surface area is 173 Å². The molecule has 0 saturated carbocycles. The summed E-state index contributed by atoms with van der Waals surface area (Å²) in [4.78, 5) is 34.3. The number of hydrogen-bond acceptors (Lipinski definition) is 6. The highest BCUT2D eigenvalue weighted by molar-refractivity contribution is 7.14. The van der Waals surface area contributed by atoms with E-state index < -0.39 is 29.3 Å². The fraction of sp³-hybridized carbons (Fsp3) is 0.381. The second-order valence-corrected chi connectivity index (χ2v) is 8.55. The average Bonchev–Trinajstić information content (AvgIpc) is 3.12. The highest BCUT2D eigenvalue weighted by atomic mass is 32.1. The first-order chi connectivity index (χ1) is 13.7. The van der Waals surface area contributed by atoms with Crippen LogP contribution in [0.25, 0.3) is 0 Å². The first kappa shape index (κ1) is 21.1. The summed E-state index contributed by atoms with van der Waals surface area (Å²) in [6.45, 7) is 4.64. The molecule has 1 aromatic heterocycles. The highest BCUT2D eigenvalue weighted by Crippen LogP contribution is 2.40. The van der Waals surface area contributed by atoms with Gasteiger partial charge in [-0.15, -0.1) is 11.3 Å². The van der Waals surface area contributed by atoms with Gasteiger partial charge >= 0.3 is 0 Å². The molecule has 2 aromatic rings. The van der Waals surface area contributed by atoms with Gasteiger partial charge in [-0.25, -0.2) is 9.37 Å². The number of aryl methyl sites for hydroxylation is 2. The fourth-order valence-electron chi connectivity index (χ4n) is 3.53. The van der Waals surface area contributed by atoms with Crippen molar-refractivity contribution in [2.75, 3.05) is 27.2 Å². The Balaban J connectivity index is 2.03. The predicted octanol–water partition coefficient (Wildman–Crippen LogP) is 3.43. The van der Waals surface area contributed by atoms with Crippen LogP contribution in [0.3, 0.4) is 0 Å². The number of hydrogen-bond donors (Lipinski definition) is 1. The molecule has 0 bridgehead atoms. The van der Waals surface area contributed by atoms with Crippen LogP contribution < -0.4 is 0 Å². The third-order valence-electron chi connectivity index (χ3n) is 4.85. The standard InChI is InChI=1S/C21H24FN3O3S/c1-12-20(29-13(2)23-12)18(26)16-17(14-6-8-15(22)9-7-14)25(21(28)19(16)27)11-5-10-24(3)4/h6-9,17,27H,5,10-11H2,1-4H3/t17-/m1/s1. The summed E-state index contributed by atoms with van der Waals surface area (Å²) < 4.78 is 13.5. The molecule has 3 rings (SSSR count). The lowest BCUT2D eigenvalue weighted by Gasteiger charge is -2.27. The van der Waals surface area contributed by atoms with Gasteiger partial charge in [0.2, 0.25) is 5.78 Å². The van der Waals surface area contributed by atoms with E-state index in [1.807, 2.05) is 19.0 Å². The molecular formula is C21H24FN3O3S. The minimum absolute atomic E-state index is 0.0261. The van der Waals surface area contributed by atoms with E-state index in [1.165, 1.54) is 28.4 Å². The number of carbonyl (C=O) groups is 2. The maximum absolute atomic E-state index is 13.5. The van der Waals surface area contributed by atoms with Crippen LogP contribution in [0.15, 0.2) is 35.6 Å². The van der Waals surface area contributed by atoms with Crippen LogP contribution in [0.4, 0.5) is 4.39 Å². The summed E-state index contributed by atoms with van der Waals surface area (Å²) in [5.41, 5.74) is 1.17. The van der Waals surface area contributed by atoms with Crippen LogP contribution in [0, 0.1) is 19.7 Å². The number of benzene rings is 1. The number of nitrogens with zero attached hydrogens (tertiary/aromatic N) is 3.